The van der Waals surface area contributed by atoms with Crippen LogP contribution in [0.15, 0.2) is 53.5 Å². The number of hydrogen-bond acceptors (Lipinski definition) is 5. The van der Waals surface area contributed by atoms with Gasteiger partial charge in [0.15, 0.2) is 0 Å². The lowest BCUT2D eigenvalue weighted by atomic mass is 10.1. The van der Waals surface area contributed by atoms with Crippen molar-refractivity contribution in [2.24, 2.45) is 10.7 Å². The van der Waals surface area contributed by atoms with Gasteiger partial charge in [0.2, 0.25) is 11.8 Å². The van der Waals surface area contributed by atoms with Gasteiger partial charge in [-0.1, -0.05) is 24.1 Å². The third-order valence-electron chi connectivity index (χ3n) is 4.44. The first-order valence-electron chi connectivity index (χ1n) is 9.78. The fourth-order valence-electron chi connectivity index (χ4n) is 2.99. The number of rotatable bonds is 5. The summed E-state index contributed by atoms with van der Waals surface area (Å²) in [7, 11) is 0. The molecule has 0 aliphatic carbocycles. The Morgan fingerprint density at radius 3 is 2.77 bits per heavy atom. The second-order valence-corrected chi connectivity index (χ2v) is 6.93. The van der Waals surface area contributed by atoms with Gasteiger partial charge in [-0.3, -0.25) is 14.6 Å². The second kappa shape index (κ2) is 10.1. The van der Waals surface area contributed by atoms with Crippen molar-refractivity contribution in [3.05, 3.63) is 59.7 Å². The zero-order chi connectivity index (χ0) is 22.2. The normalized spacial score (nSPS) is 12.8. The molecule has 3 rings (SSSR count). The van der Waals surface area contributed by atoms with E-state index in [1.807, 2.05) is 24.3 Å². The minimum atomic E-state index is -0.174. The van der Waals surface area contributed by atoms with Crippen molar-refractivity contribution in [2.45, 2.75) is 26.8 Å². The number of nitrogens with one attached hydrogen (secondary N) is 2. The number of benzene rings is 2. The zero-order valence-electron chi connectivity index (χ0n) is 17.5. The van der Waals surface area contributed by atoms with E-state index in [0.717, 1.165) is 11.1 Å². The minimum Gasteiger partial charge on any atom is -0.487 e. The molecule has 0 bridgehead atoms. The monoisotopic (exact) mass is 416 g/mol. The van der Waals surface area contributed by atoms with E-state index in [1.54, 1.807) is 31.2 Å². The highest BCUT2D eigenvalue weighted by molar-refractivity contribution is 6.02. The van der Waals surface area contributed by atoms with Gasteiger partial charge >= 0.3 is 0 Å². The molecule has 0 radical (unpaired) electrons. The van der Waals surface area contributed by atoms with Gasteiger partial charge in [-0.2, -0.15) is 0 Å². The highest BCUT2D eigenvalue weighted by Crippen LogP contribution is 2.26. The maximum Gasteiger partial charge on any atom is 0.236 e. The van der Waals surface area contributed by atoms with E-state index >= 15 is 0 Å². The average Bonchev–Trinajstić information content (AvgIpc) is 2.94. The molecule has 0 spiro atoms. The topological polar surface area (TPSA) is 106 Å². The molecular formula is C24H24N4O3. The van der Waals surface area contributed by atoms with E-state index in [0.29, 0.717) is 35.1 Å². The zero-order valence-corrected chi connectivity index (χ0v) is 17.5. The molecule has 0 saturated carbocycles. The van der Waals surface area contributed by atoms with E-state index in [1.165, 1.54) is 6.92 Å². The van der Waals surface area contributed by atoms with Crippen LogP contribution in [0.4, 0.5) is 11.4 Å². The number of fused-ring (bicyclic) bond motifs is 1. The van der Waals surface area contributed by atoms with E-state index in [9.17, 15) is 9.59 Å². The Labute approximate surface area is 181 Å². The molecule has 0 aromatic heterocycles. The van der Waals surface area contributed by atoms with Crippen molar-refractivity contribution >= 4 is 34.6 Å². The van der Waals surface area contributed by atoms with Crippen LogP contribution in [-0.2, 0) is 16.1 Å². The number of anilines is 2. The first kappa shape index (κ1) is 21.7. The maximum absolute atomic E-state index is 11.9. The first-order chi connectivity index (χ1) is 14.9. The van der Waals surface area contributed by atoms with Gasteiger partial charge in [-0.25, -0.2) is 0 Å². The summed E-state index contributed by atoms with van der Waals surface area (Å²) in [4.78, 5) is 27.7. The molecule has 0 saturated heterocycles. The Bertz CT molecular complexity index is 1120. The van der Waals surface area contributed by atoms with Crippen LogP contribution in [0, 0.1) is 11.8 Å². The van der Waals surface area contributed by atoms with Gasteiger partial charge in [0, 0.05) is 35.6 Å². The lowest BCUT2D eigenvalue weighted by molar-refractivity contribution is -0.115. The standard InChI is InChI=1S/C24H24N4O3/c1-3-4-8-24(30)28-19-7-5-6-17(11-19)22(25)12-21-15-31-23-13-20(27-16(2)29)10-9-18(23)14-26-21/h5-7,9-13H,8,14-15,25H2,1-2H3,(H,27,29)(H,28,30). The van der Waals surface area contributed by atoms with Crippen molar-refractivity contribution in [3.63, 3.8) is 0 Å². The first-order valence-corrected chi connectivity index (χ1v) is 9.78. The SMILES string of the molecule is CC#CCC(=O)Nc1cccc(C(N)=CC2=NCc3ccc(NC(C)=O)cc3OC2)c1. The van der Waals surface area contributed by atoms with Gasteiger partial charge < -0.3 is 21.1 Å². The van der Waals surface area contributed by atoms with Crippen LogP contribution < -0.4 is 21.1 Å². The number of amides is 2. The molecule has 158 valence electrons. The van der Waals surface area contributed by atoms with Gasteiger partial charge in [-0.15, -0.1) is 5.92 Å². The van der Waals surface area contributed by atoms with Crippen LogP contribution in [-0.4, -0.2) is 24.1 Å². The number of aliphatic imine (C=N–C) groups is 1. The van der Waals surface area contributed by atoms with Crippen LogP contribution in [0.5, 0.6) is 5.75 Å². The highest BCUT2D eigenvalue weighted by Gasteiger charge is 2.12. The van der Waals surface area contributed by atoms with Crippen molar-refractivity contribution in [1.82, 2.24) is 0 Å². The summed E-state index contributed by atoms with van der Waals surface area (Å²) < 4.78 is 5.88. The van der Waals surface area contributed by atoms with Crippen LogP contribution in [0.1, 0.15) is 31.4 Å². The number of ether oxygens (including phenoxy) is 1. The predicted octanol–water partition coefficient (Wildman–Crippen LogP) is 3.33. The molecule has 0 fully saturated rings. The van der Waals surface area contributed by atoms with E-state index in [2.05, 4.69) is 27.5 Å². The molecule has 31 heavy (non-hydrogen) atoms. The summed E-state index contributed by atoms with van der Waals surface area (Å²) in [5.74, 6) is 5.80. The highest BCUT2D eigenvalue weighted by atomic mass is 16.5. The van der Waals surface area contributed by atoms with Crippen LogP contribution in [0.25, 0.3) is 5.70 Å². The predicted molar refractivity (Wildman–Crippen MR) is 123 cm³/mol. The molecule has 0 atom stereocenters. The van der Waals surface area contributed by atoms with Crippen molar-refractivity contribution < 1.29 is 14.3 Å². The van der Waals surface area contributed by atoms with Gasteiger partial charge in [0.1, 0.15) is 12.4 Å². The summed E-state index contributed by atoms with van der Waals surface area (Å²) >= 11 is 0. The smallest absolute Gasteiger partial charge is 0.236 e. The quantitative estimate of drug-likeness (QED) is 0.650. The molecule has 2 aromatic carbocycles. The Balaban J connectivity index is 1.71. The Kier molecular flexibility index (Phi) is 7.07. The summed E-state index contributed by atoms with van der Waals surface area (Å²) in [5.41, 5.74) is 10.5. The number of hydrogen-bond donors (Lipinski definition) is 3. The number of nitrogens with zero attached hydrogens (tertiary/aromatic N) is 1. The van der Waals surface area contributed by atoms with Crippen LogP contribution >= 0.6 is 0 Å². The molecule has 0 unspecified atom stereocenters. The minimum absolute atomic E-state index is 0.141. The second-order valence-electron chi connectivity index (χ2n) is 6.93. The van der Waals surface area contributed by atoms with E-state index in [-0.39, 0.29) is 24.8 Å². The summed E-state index contributed by atoms with van der Waals surface area (Å²) in [6.07, 6.45) is 1.91. The molecular weight excluding hydrogens is 392 g/mol. The van der Waals surface area contributed by atoms with Gasteiger partial charge in [0.05, 0.1) is 18.7 Å². The maximum atomic E-state index is 11.9. The Hall–Kier alpha value is -4.05. The number of carbonyl (C=O) groups excluding carboxylic acids is 2. The molecule has 1 aliphatic rings. The lowest BCUT2D eigenvalue weighted by Gasteiger charge is -2.10. The fourth-order valence-corrected chi connectivity index (χ4v) is 2.99. The lowest BCUT2D eigenvalue weighted by Crippen LogP contribution is -2.12. The van der Waals surface area contributed by atoms with Crippen molar-refractivity contribution in [2.75, 3.05) is 17.2 Å². The van der Waals surface area contributed by atoms with Gasteiger partial charge in [0.25, 0.3) is 0 Å². The largest absolute Gasteiger partial charge is 0.487 e. The molecule has 2 aromatic rings. The Morgan fingerprint density at radius 1 is 1.19 bits per heavy atom. The third-order valence-corrected chi connectivity index (χ3v) is 4.44. The molecule has 4 N–H and O–H groups in total. The molecule has 1 heterocycles. The van der Waals surface area contributed by atoms with Gasteiger partial charge in [-0.05, 0) is 36.8 Å². The molecule has 1 aliphatic heterocycles. The summed E-state index contributed by atoms with van der Waals surface area (Å²) in [5, 5.41) is 5.55. The molecule has 7 heteroatoms. The number of carbonyl (C=O) groups is 2. The van der Waals surface area contributed by atoms with Crippen LogP contribution in [0.3, 0.4) is 0 Å². The van der Waals surface area contributed by atoms with Crippen molar-refractivity contribution in [3.8, 4) is 17.6 Å². The van der Waals surface area contributed by atoms with Crippen molar-refractivity contribution in [1.29, 1.82) is 0 Å². The van der Waals surface area contributed by atoms with E-state index < -0.39 is 0 Å². The summed E-state index contributed by atoms with van der Waals surface area (Å²) in [6.45, 7) is 3.85. The number of nitrogens with two attached hydrogens (primary N) is 1. The fraction of sp³-hybridized carbons (Fsp3) is 0.208. The third kappa shape index (κ3) is 6.21. The average molecular weight is 416 g/mol. The molecule has 2 amide bonds. The van der Waals surface area contributed by atoms with E-state index in [4.69, 9.17) is 10.5 Å². The Morgan fingerprint density at radius 2 is 2.00 bits per heavy atom. The van der Waals surface area contributed by atoms with Crippen LogP contribution in [0.2, 0.25) is 0 Å². The molecule has 7 nitrogen and oxygen atoms in total. The summed E-state index contributed by atoms with van der Waals surface area (Å²) in [6, 6.07) is 12.8.